The summed E-state index contributed by atoms with van der Waals surface area (Å²) in [7, 11) is 0. The summed E-state index contributed by atoms with van der Waals surface area (Å²) in [6.07, 6.45) is 0. The highest BCUT2D eigenvalue weighted by Crippen LogP contribution is 2.42. The van der Waals surface area contributed by atoms with Crippen LogP contribution < -0.4 is 0 Å². The van der Waals surface area contributed by atoms with E-state index in [9.17, 15) is 8.78 Å². The molecule has 3 heteroatoms. The molecule has 0 N–H and O–H groups in total. The second-order valence-electron chi connectivity index (χ2n) is 4.49. The molecule has 0 saturated heterocycles. The number of para-hydroxylation sites is 1. The summed E-state index contributed by atoms with van der Waals surface area (Å²) < 4.78 is 27.7. The molecule has 2 aromatic rings. The highest BCUT2D eigenvalue weighted by Gasteiger charge is 2.39. The fourth-order valence-electron chi connectivity index (χ4n) is 2.26. The highest BCUT2D eigenvalue weighted by atomic mass is 19.1. The van der Waals surface area contributed by atoms with Gasteiger partial charge < -0.3 is 0 Å². The van der Waals surface area contributed by atoms with Crippen molar-refractivity contribution in [2.24, 2.45) is 4.99 Å². The minimum Gasteiger partial charge on any atom is -0.249 e. The largest absolute Gasteiger partial charge is 0.249 e. The van der Waals surface area contributed by atoms with Gasteiger partial charge in [0, 0.05) is 5.56 Å². The van der Waals surface area contributed by atoms with E-state index in [-0.39, 0.29) is 5.82 Å². The third kappa shape index (κ3) is 1.55. The summed E-state index contributed by atoms with van der Waals surface area (Å²) in [6.45, 7) is 1.49. The first kappa shape index (κ1) is 11.1. The van der Waals surface area contributed by atoms with E-state index in [0.717, 1.165) is 0 Å². The summed E-state index contributed by atoms with van der Waals surface area (Å²) in [5.74, 6) is -0.338. The molecule has 1 unspecified atom stereocenters. The van der Waals surface area contributed by atoms with Crippen LogP contribution in [0, 0.1) is 5.82 Å². The number of fused-ring (bicyclic) bond motifs is 1. The average molecular weight is 243 g/mol. The number of rotatable bonds is 1. The average Bonchev–Trinajstić information content (AvgIpc) is 2.63. The zero-order valence-electron chi connectivity index (χ0n) is 9.82. The minimum absolute atomic E-state index is 0.337. The van der Waals surface area contributed by atoms with Crippen LogP contribution in [0.2, 0.25) is 0 Å². The number of nitrogens with zero attached hydrogens (tertiary/aromatic N) is 1. The Bertz CT molecular complexity index is 627. The lowest BCUT2D eigenvalue weighted by atomic mass is 9.90. The Morgan fingerprint density at radius 3 is 2.33 bits per heavy atom. The first-order valence-electron chi connectivity index (χ1n) is 5.72. The van der Waals surface area contributed by atoms with Crippen LogP contribution in [0.1, 0.15) is 18.1 Å². The molecule has 1 heterocycles. The lowest BCUT2D eigenvalue weighted by molar-refractivity contribution is 0.298. The van der Waals surface area contributed by atoms with Gasteiger partial charge in [-0.05, 0) is 30.7 Å². The van der Waals surface area contributed by atoms with Crippen LogP contribution in [0.15, 0.2) is 53.5 Å². The third-order valence-electron chi connectivity index (χ3n) is 3.20. The normalized spacial score (nSPS) is 21.6. The summed E-state index contributed by atoms with van der Waals surface area (Å²) >= 11 is 0. The molecule has 1 atom stereocenters. The SMILES string of the molecule is CC1(F)C(c2ccc(F)cc2)=Nc2ccccc21. The molecule has 1 aliphatic heterocycles. The number of benzene rings is 2. The third-order valence-corrected chi connectivity index (χ3v) is 3.20. The van der Waals surface area contributed by atoms with Crippen molar-refractivity contribution in [1.29, 1.82) is 0 Å². The van der Waals surface area contributed by atoms with Gasteiger partial charge in [0.2, 0.25) is 0 Å². The molecule has 0 aliphatic carbocycles. The molecule has 1 aliphatic rings. The molecule has 1 nitrogen and oxygen atoms in total. The van der Waals surface area contributed by atoms with Crippen LogP contribution in [0.3, 0.4) is 0 Å². The number of aliphatic imine (C=N–C) groups is 1. The maximum Gasteiger partial charge on any atom is 0.177 e. The Hall–Kier alpha value is -2.03. The summed E-state index contributed by atoms with van der Waals surface area (Å²) in [4.78, 5) is 4.32. The van der Waals surface area contributed by atoms with Crippen molar-refractivity contribution in [3.63, 3.8) is 0 Å². The number of halogens is 2. The van der Waals surface area contributed by atoms with E-state index >= 15 is 0 Å². The summed E-state index contributed by atoms with van der Waals surface area (Å²) in [5, 5.41) is 0. The highest BCUT2D eigenvalue weighted by molar-refractivity contribution is 6.11. The van der Waals surface area contributed by atoms with Gasteiger partial charge >= 0.3 is 0 Å². The first-order chi connectivity index (χ1) is 8.59. The van der Waals surface area contributed by atoms with Gasteiger partial charge in [-0.3, -0.25) is 0 Å². The van der Waals surface area contributed by atoms with Crippen molar-refractivity contribution < 1.29 is 8.78 Å². The second kappa shape index (κ2) is 3.73. The van der Waals surface area contributed by atoms with Crippen molar-refractivity contribution in [2.75, 3.05) is 0 Å². The van der Waals surface area contributed by atoms with E-state index in [4.69, 9.17) is 0 Å². The van der Waals surface area contributed by atoms with Crippen molar-refractivity contribution >= 4 is 11.4 Å². The molecule has 0 amide bonds. The summed E-state index contributed by atoms with van der Waals surface area (Å²) in [6, 6.07) is 12.9. The standard InChI is InChI=1S/C15H11F2N/c1-15(17)12-4-2-3-5-13(12)18-14(15)10-6-8-11(16)9-7-10/h2-9H,1H3. The van der Waals surface area contributed by atoms with Crippen LogP contribution in [0.4, 0.5) is 14.5 Å². The van der Waals surface area contributed by atoms with E-state index in [0.29, 0.717) is 22.5 Å². The van der Waals surface area contributed by atoms with Crippen LogP contribution >= 0.6 is 0 Å². The molecule has 0 bridgehead atoms. The predicted octanol–water partition coefficient (Wildman–Crippen LogP) is 4.14. The van der Waals surface area contributed by atoms with Gasteiger partial charge in [-0.15, -0.1) is 0 Å². The van der Waals surface area contributed by atoms with Gasteiger partial charge in [0.05, 0.1) is 11.4 Å². The van der Waals surface area contributed by atoms with E-state index in [1.807, 2.05) is 6.07 Å². The minimum atomic E-state index is -1.63. The predicted molar refractivity (Wildman–Crippen MR) is 67.5 cm³/mol. The molecule has 0 radical (unpaired) electrons. The lowest BCUT2D eigenvalue weighted by Crippen LogP contribution is -2.24. The van der Waals surface area contributed by atoms with Crippen LogP contribution in [0.25, 0.3) is 0 Å². The molecule has 18 heavy (non-hydrogen) atoms. The Balaban J connectivity index is 2.13. The van der Waals surface area contributed by atoms with Crippen molar-refractivity contribution in [3.05, 3.63) is 65.5 Å². The van der Waals surface area contributed by atoms with Crippen molar-refractivity contribution in [3.8, 4) is 0 Å². The van der Waals surface area contributed by atoms with Gasteiger partial charge in [0.15, 0.2) is 5.67 Å². The van der Waals surface area contributed by atoms with Crippen LogP contribution in [0.5, 0.6) is 0 Å². The van der Waals surface area contributed by atoms with Crippen molar-refractivity contribution in [1.82, 2.24) is 0 Å². The zero-order chi connectivity index (χ0) is 12.8. The summed E-state index contributed by atoms with van der Waals surface area (Å²) in [5.41, 5.74) is 0.515. The molecular weight excluding hydrogens is 232 g/mol. The van der Waals surface area contributed by atoms with Gasteiger partial charge in [-0.1, -0.05) is 30.3 Å². The van der Waals surface area contributed by atoms with E-state index < -0.39 is 5.67 Å². The lowest BCUT2D eigenvalue weighted by Gasteiger charge is -2.17. The van der Waals surface area contributed by atoms with Crippen LogP contribution in [-0.4, -0.2) is 5.71 Å². The van der Waals surface area contributed by atoms with Crippen LogP contribution in [-0.2, 0) is 5.67 Å². The monoisotopic (exact) mass is 243 g/mol. The number of hydrogen-bond acceptors (Lipinski definition) is 1. The van der Waals surface area contributed by atoms with Crippen molar-refractivity contribution in [2.45, 2.75) is 12.6 Å². The Morgan fingerprint density at radius 2 is 1.67 bits per heavy atom. The number of alkyl halides is 1. The molecule has 90 valence electrons. The zero-order valence-corrected chi connectivity index (χ0v) is 9.82. The molecule has 0 spiro atoms. The molecular formula is C15H11F2N. The van der Waals surface area contributed by atoms with Gasteiger partial charge in [-0.2, -0.15) is 0 Å². The van der Waals surface area contributed by atoms with Gasteiger partial charge in [0.25, 0.3) is 0 Å². The smallest absolute Gasteiger partial charge is 0.177 e. The van der Waals surface area contributed by atoms with Gasteiger partial charge in [0.1, 0.15) is 5.82 Å². The molecule has 0 fully saturated rings. The quantitative estimate of drug-likeness (QED) is 0.713. The van der Waals surface area contributed by atoms with E-state index in [2.05, 4.69) is 4.99 Å². The molecule has 3 rings (SSSR count). The fraction of sp³-hybridized carbons (Fsp3) is 0.133. The maximum absolute atomic E-state index is 14.8. The van der Waals surface area contributed by atoms with E-state index in [1.165, 1.54) is 19.1 Å². The van der Waals surface area contributed by atoms with Gasteiger partial charge in [-0.25, -0.2) is 13.8 Å². The maximum atomic E-state index is 14.8. The fourth-order valence-corrected chi connectivity index (χ4v) is 2.26. The topological polar surface area (TPSA) is 12.4 Å². The Kier molecular flexibility index (Phi) is 2.30. The second-order valence-corrected chi connectivity index (χ2v) is 4.49. The first-order valence-corrected chi connectivity index (χ1v) is 5.72. The molecule has 2 aromatic carbocycles. The van der Waals surface area contributed by atoms with E-state index in [1.54, 1.807) is 30.3 Å². The Morgan fingerprint density at radius 1 is 1.00 bits per heavy atom. The molecule has 0 aromatic heterocycles. The Labute approximate surface area is 104 Å². The number of hydrogen-bond donors (Lipinski definition) is 0. The molecule has 0 saturated carbocycles.